The molecule has 43 heavy (non-hydrogen) atoms. The fraction of sp³-hybridized carbons (Fsp3) is 0.219. The second-order valence-electron chi connectivity index (χ2n) is 10.0. The summed E-state index contributed by atoms with van der Waals surface area (Å²) < 4.78 is 44.2. The number of thiocarbonyl (C=S) groups is 1. The summed E-state index contributed by atoms with van der Waals surface area (Å²) in [5.74, 6) is -0.610. The van der Waals surface area contributed by atoms with Crippen molar-refractivity contribution in [2.45, 2.75) is 38.1 Å². The van der Waals surface area contributed by atoms with Crippen LogP contribution < -0.4 is 0 Å². The van der Waals surface area contributed by atoms with Crippen LogP contribution in [0.3, 0.4) is 0 Å². The number of aromatic nitrogens is 2. The van der Waals surface area contributed by atoms with E-state index >= 15 is 0 Å². The largest absolute Gasteiger partial charge is 0.288 e. The predicted molar refractivity (Wildman–Crippen MR) is 173 cm³/mol. The van der Waals surface area contributed by atoms with Gasteiger partial charge in [0, 0.05) is 30.4 Å². The van der Waals surface area contributed by atoms with E-state index in [-0.39, 0.29) is 23.2 Å². The maximum Gasteiger partial charge on any atom is 0.266 e. The lowest BCUT2D eigenvalue weighted by atomic mass is 10.1. The van der Waals surface area contributed by atoms with E-state index in [2.05, 4.69) is 0 Å². The molecule has 5 rings (SSSR count). The number of nitrogens with zero attached hydrogens (tertiary/aromatic N) is 4. The van der Waals surface area contributed by atoms with Gasteiger partial charge in [-0.1, -0.05) is 80.3 Å². The molecular weight excluding hydrogens is 604 g/mol. The van der Waals surface area contributed by atoms with Crippen LogP contribution in [0, 0.1) is 5.82 Å². The highest BCUT2D eigenvalue weighted by atomic mass is 32.2. The topological polar surface area (TPSA) is 75.5 Å². The first-order valence-electron chi connectivity index (χ1n) is 14.0. The molecule has 1 aliphatic rings. The van der Waals surface area contributed by atoms with Crippen molar-refractivity contribution in [3.05, 3.63) is 107 Å². The molecule has 1 saturated heterocycles. The Morgan fingerprint density at radius 3 is 2.35 bits per heavy atom. The first-order valence-corrected chi connectivity index (χ1v) is 16.6. The van der Waals surface area contributed by atoms with Crippen LogP contribution in [-0.2, 0) is 21.4 Å². The number of hydrogen-bond donors (Lipinski definition) is 0. The van der Waals surface area contributed by atoms with Gasteiger partial charge in [-0.05, 0) is 60.9 Å². The summed E-state index contributed by atoms with van der Waals surface area (Å²) in [6.07, 6.45) is 4.99. The van der Waals surface area contributed by atoms with Gasteiger partial charge in [-0.2, -0.15) is 9.40 Å². The van der Waals surface area contributed by atoms with Gasteiger partial charge < -0.3 is 0 Å². The number of rotatable bonds is 11. The molecule has 0 N–H and O–H groups in total. The molecule has 3 aromatic carbocycles. The Hall–Kier alpha value is -3.64. The Kier molecular flexibility index (Phi) is 9.55. The second-order valence-corrected chi connectivity index (χ2v) is 13.7. The lowest BCUT2D eigenvalue weighted by Gasteiger charge is -2.21. The highest BCUT2D eigenvalue weighted by Gasteiger charge is 2.32. The van der Waals surface area contributed by atoms with Gasteiger partial charge in [-0.25, -0.2) is 17.5 Å². The molecule has 11 heteroatoms. The molecule has 4 aromatic rings. The smallest absolute Gasteiger partial charge is 0.266 e. The normalized spacial score (nSPS) is 14.8. The molecule has 222 valence electrons. The first-order chi connectivity index (χ1) is 20.7. The van der Waals surface area contributed by atoms with Crippen molar-refractivity contribution in [2.75, 3.05) is 13.1 Å². The van der Waals surface area contributed by atoms with Gasteiger partial charge in [0.15, 0.2) is 0 Å². The SMILES string of the molecule is CCCN(CCC)S(=O)(=O)c1cccc(-c2nn(-c3ccccc3)cc2/C=C2\SC(=S)N(Cc3ccc(F)cc3)C2=O)c1. The van der Waals surface area contributed by atoms with Gasteiger partial charge in [0.05, 0.1) is 22.0 Å². The third kappa shape index (κ3) is 6.80. The van der Waals surface area contributed by atoms with E-state index in [1.165, 1.54) is 33.1 Å². The van der Waals surface area contributed by atoms with Crippen molar-refractivity contribution in [2.24, 2.45) is 0 Å². The molecule has 1 aromatic heterocycles. The van der Waals surface area contributed by atoms with Crippen LogP contribution in [0.15, 0.2) is 94.9 Å². The van der Waals surface area contributed by atoms with Crippen LogP contribution in [0.4, 0.5) is 4.39 Å². The summed E-state index contributed by atoms with van der Waals surface area (Å²) in [6, 6.07) is 22.3. The predicted octanol–water partition coefficient (Wildman–Crippen LogP) is 6.89. The van der Waals surface area contributed by atoms with Crippen molar-refractivity contribution >= 4 is 50.3 Å². The Balaban J connectivity index is 1.54. The number of carbonyl (C=O) groups is 1. The number of benzene rings is 3. The van der Waals surface area contributed by atoms with Crippen molar-refractivity contribution < 1.29 is 17.6 Å². The van der Waals surface area contributed by atoms with Gasteiger partial charge in [0.25, 0.3) is 5.91 Å². The maximum atomic E-state index is 13.6. The fourth-order valence-electron chi connectivity index (χ4n) is 4.78. The van der Waals surface area contributed by atoms with Crippen LogP contribution in [-0.4, -0.2) is 50.7 Å². The van der Waals surface area contributed by atoms with Crippen molar-refractivity contribution in [3.8, 4) is 16.9 Å². The molecule has 0 aliphatic carbocycles. The highest BCUT2D eigenvalue weighted by molar-refractivity contribution is 8.26. The zero-order valence-electron chi connectivity index (χ0n) is 23.8. The average molecular weight is 635 g/mol. The number of para-hydroxylation sites is 1. The zero-order chi connectivity index (χ0) is 30.6. The lowest BCUT2D eigenvalue weighted by Crippen LogP contribution is -2.32. The molecule has 0 spiro atoms. The number of halogens is 1. The molecule has 0 unspecified atom stereocenters. The minimum absolute atomic E-state index is 0.192. The van der Waals surface area contributed by atoms with Gasteiger partial charge >= 0.3 is 0 Å². The van der Waals surface area contributed by atoms with E-state index in [9.17, 15) is 17.6 Å². The standard InChI is InChI=1S/C32H31FN4O3S3/c1-3-17-35(18-4-2)43(39,40)28-12-8-9-24(19-28)30-25(22-37(34-30)27-10-6-5-7-11-27)20-29-31(38)36(32(41)42-29)21-23-13-15-26(33)16-14-23/h5-16,19-20,22H,3-4,17-18,21H2,1-2H3/b29-20-. The Labute approximate surface area is 261 Å². The quantitative estimate of drug-likeness (QED) is 0.132. The first kappa shape index (κ1) is 30.8. The van der Waals surface area contributed by atoms with Crippen LogP contribution in [0.25, 0.3) is 23.0 Å². The van der Waals surface area contributed by atoms with Crippen LogP contribution in [0.2, 0.25) is 0 Å². The van der Waals surface area contributed by atoms with Crippen LogP contribution >= 0.6 is 24.0 Å². The molecule has 2 heterocycles. The number of amides is 1. The van der Waals surface area contributed by atoms with E-state index in [0.29, 0.717) is 52.0 Å². The minimum Gasteiger partial charge on any atom is -0.288 e. The van der Waals surface area contributed by atoms with E-state index in [1.807, 2.05) is 56.4 Å². The third-order valence-corrected chi connectivity index (χ3v) is 10.1. The zero-order valence-corrected chi connectivity index (χ0v) is 26.3. The van der Waals surface area contributed by atoms with Crippen molar-refractivity contribution in [1.82, 2.24) is 19.0 Å². The summed E-state index contributed by atoms with van der Waals surface area (Å²) in [5, 5.41) is 4.83. The summed E-state index contributed by atoms with van der Waals surface area (Å²) in [7, 11) is -3.71. The van der Waals surface area contributed by atoms with Gasteiger partial charge in [0.2, 0.25) is 10.0 Å². The lowest BCUT2D eigenvalue weighted by molar-refractivity contribution is -0.122. The molecule has 0 bridgehead atoms. The molecule has 0 radical (unpaired) electrons. The summed E-state index contributed by atoms with van der Waals surface area (Å²) in [4.78, 5) is 15.6. The molecular formula is C32H31FN4O3S3. The van der Waals surface area contributed by atoms with Gasteiger partial charge in [-0.3, -0.25) is 9.69 Å². The molecule has 1 amide bonds. The third-order valence-electron chi connectivity index (χ3n) is 6.87. The maximum absolute atomic E-state index is 13.6. The van der Waals surface area contributed by atoms with Gasteiger partial charge in [-0.15, -0.1) is 0 Å². The van der Waals surface area contributed by atoms with E-state index in [0.717, 1.165) is 11.3 Å². The molecule has 0 atom stereocenters. The van der Waals surface area contributed by atoms with Gasteiger partial charge in [0.1, 0.15) is 15.8 Å². The monoisotopic (exact) mass is 634 g/mol. The minimum atomic E-state index is -3.71. The Bertz CT molecular complexity index is 1770. The molecule has 0 saturated carbocycles. The van der Waals surface area contributed by atoms with E-state index in [1.54, 1.807) is 41.1 Å². The summed E-state index contributed by atoms with van der Waals surface area (Å²) >= 11 is 6.72. The van der Waals surface area contributed by atoms with Crippen molar-refractivity contribution in [3.63, 3.8) is 0 Å². The molecule has 1 fully saturated rings. The van der Waals surface area contributed by atoms with Crippen LogP contribution in [0.1, 0.15) is 37.8 Å². The van der Waals surface area contributed by atoms with Crippen LogP contribution in [0.5, 0.6) is 0 Å². The number of hydrogen-bond acceptors (Lipinski definition) is 6. The average Bonchev–Trinajstić information content (AvgIpc) is 3.55. The fourth-order valence-corrected chi connectivity index (χ4v) is 7.70. The highest BCUT2D eigenvalue weighted by Crippen LogP contribution is 2.36. The Morgan fingerprint density at radius 2 is 1.67 bits per heavy atom. The number of sulfonamides is 1. The summed E-state index contributed by atoms with van der Waals surface area (Å²) in [5.41, 5.74) is 3.35. The summed E-state index contributed by atoms with van der Waals surface area (Å²) in [6.45, 7) is 5.02. The van der Waals surface area contributed by atoms with Crippen molar-refractivity contribution in [1.29, 1.82) is 0 Å². The molecule has 1 aliphatic heterocycles. The second kappa shape index (κ2) is 13.3. The van der Waals surface area contributed by atoms with E-state index < -0.39 is 10.0 Å². The Morgan fingerprint density at radius 1 is 0.977 bits per heavy atom. The molecule has 7 nitrogen and oxygen atoms in total. The van der Waals surface area contributed by atoms with E-state index in [4.69, 9.17) is 17.3 Å². The number of carbonyl (C=O) groups excluding carboxylic acids is 1. The number of thioether (sulfide) groups is 1.